The van der Waals surface area contributed by atoms with Crippen LogP contribution in [0.5, 0.6) is 0 Å². The second kappa shape index (κ2) is 10.5. The van der Waals surface area contributed by atoms with Crippen LogP contribution in [0.3, 0.4) is 0 Å². The van der Waals surface area contributed by atoms with Gasteiger partial charge in [0.2, 0.25) is 0 Å². The van der Waals surface area contributed by atoms with Crippen molar-refractivity contribution >= 4 is 5.97 Å². The van der Waals surface area contributed by atoms with Gasteiger partial charge in [-0.1, -0.05) is 39.3 Å². The lowest BCUT2D eigenvalue weighted by molar-refractivity contribution is -0.327. The average molecular weight is 527 g/mol. The summed E-state index contributed by atoms with van der Waals surface area (Å²) in [6.45, 7) is 9.55. The van der Waals surface area contributed by atoms with Crippen LogP contribution in [0.15, 0.2) is 11.6 Å². The zero-order valence-corrected chi connectivity index (χ0v) is 22.8. The molecule has 9 nitrogen and oxygen atoms in total. The molecule has 0 bridgehead atoms. The van der Waals surface area contributed by atoms with Crippen molar-refractivity contribution in [3.05, 3.63) is 11.6 Å². The van der Waals surface area contributed by atoms with Crippen LogP contribution in [-0.2, 0) is 19.0 Å². The summed E-state index contributed by atoms with van der Waals surface area (Å²) in [5, 5.41) is 50.4. The highest BCUT2D eigenvalue weighted by Crippen LogP contribution is 2.64. The number of aliphatic hydroxyl groups is 5. The maximum atomic E-state index is 11.6. The number of hydrogen-bond acceptors (Lipinski definition) is 9. The van der Waals surface area contributed by atoms with Crippen LogP contribution < -0.4 is 0 Å². The van der Waals surface area contributed by atoms with Gasteiger partial charge in [-0.05, 0) is 61.2 Å². The molecule has 0 aromatic carbocycles. The van der Waals surface area contributed by atoms with Gasteiger partial charge in [0.25, 0.3) is 0 Å². The fourth-order valence-electron chi connectivity index (χ4n) is 8.15. The van der Waals surface area contributed by atoms with E-state index in [-0.39, 0.29) is 29.5 Å². The SMILES string of the molecule is CC(=O)O[C@@H](CO)[C@]1(C)C=C2CC[C@@H]3C(C)(C)[C@H](O[C@@H]4O[C@H](CO)[C@@H](O)[C@H](O)[C@H]4O)CC[C@@]3(C)[C@@H]2CC1. The predicted octanol–water partition coefficient (Wildman–Crippen LogP) is 1.67. The van der Waals surface area contributed by atoms with Crippen LogP contribution in [0.2, 0.25) is 0 Å². The molecule has 0 spiro atoms. The maximum Gasteiger partial charge on any atom is 0.303 e. The molecule has 0 aromatic heterocycles. The Bertz CT molecular complexity index is 872. The molecule has 212 valence electrons. The maximum absolute atomic E-state index is 11.6. The summed E-state index contributed by atoms with van der Waals surface area (Å²) in [4.78, 5) is 11.6. The second-order valence-corrected chi connectivity index (χ2v) is 12.9. The molecule has 4 rings (SSSR count). The summed E-state index contributed by atoms with van der Waals surface area (Å²) < 4.78 is 17.5. The third kappa shape index (κ3) is 5.01. The largest absolute Gasteiger partial charge is 0.459 e. The number of esters is 1. The van der Waals surface area contributed by atoms with Gasteiger partial charge in [-0.3, -0.25) is 4.79 Å². The first kappa shape index (κ1) is 28.9. The van der Waals surface area contributed by atoms with E-state index in [9.17, 15) is 30.3 Å². The minimum atomic E-state index is -1.46. The van der Waals surface area contributed by atoms with Crippen LogP contribution in [0.4, 0.5) is 0 Å². The zero-order valence-electron chi connectivity index (χ0n) is 22.8. The van der Waals surface area contributed by atoms with Gasteiger partial charge in [0, 0.05) is 12.3 Å². The van der Waals surface area contributed by atoms with Crippen LogP contribution in [0.25, 0.3) is 0 Å². The Morgan fingerprint density at radius 2 is 1.76 bits per heavy atom. The van der Waals surface area contributed by atoms with Crippen molar-refractivity contribution in [1.82, 2.24) is 0 Å². The molecule has 3 fully saturated rings. The molecule has 1 aliphatic heterocycles. The lowest BCUT2D eigenvalue weighted by Gasteiger charge is -2.62. The number of ether oxygens (including phenoxy) is 3. The predicted molar refractivity (Wildman–Crippen MR) is 134 cm³/mol. The number of carbonyl (C=O) groups is 1. The highest BCUT2D eigenvalue weighted by atomic mass is 16.7. The van der Waals surface area contributed by atoms with Gasteiger partial charge in [-0.15, -0.1) is 0 Å². The number of carbonyl (C=O) groups excluding carboxylic acids is 1. The zero-order chi connectivity index (χ0) is 27.3. The second-order valence-electron chi connectivity index (χ2n) is 12.9. The quantitative estimate of drug-likeness (QED) is 0.198. The van der Waals surface area contributed by atoms with Gasteiger partial charge in [-0.25, -0.2) is 0 Å². The molecule has 0 amide bonds. The Balaban J connectivity index is 1.52. The molecule has 1 saturated heterocycles. The summed E-state index contributed by atoms with van der Waals surface area (Å²) in [5.41, 5.74) is 0.792. The number of hydrogen-bond donors (Lipinski definition) is 5. The van der Waals surface area contributed by atoms with Crippen molar-refractivity contribution in [2.45, 2.75) is 116 Å². The molecule has 5 N–H and O–H groups in total. The number of fused-ring (bicyclic) bond motifs is 3. The highest BCUT2D eigenvalue weighted by molar-refractivity contribution is 5.66. The molecule has 1 heterocycles. The van der Waals surface area contributed by atoms with E-state index in [0.717, 1.165) is 38.5 Å². The molecule has 0 aromatic rings. The van der Waals surface area contributed by atoms with Crippen molar-refractivity contribution in [2.24, 2.45) is 28.1 Å². The fraction of sp³-hybridized carbons (Fsp3) is 0.893. The summed E-state index contributed by atoms with van der Waals surface area (Å²) in [7, 11) is 0. The van der Waals surface area contributed by atoms with E-state index in [4.69, 9.17) is 14.2 Å². The van der Waals surface area contributed by atoms with E-state index in [1.54, 1.807) is 0 Å². The van der Waals surface area contributed by atoms with Gasteiger partial charge < -0.3 is 39.7 Å². The first-order valence-electron chi connectivity index (χ1n) is 13.7. The normalized spacial score (nSPS) is 46.3. The van der Waals surface area contributed by atoms with Crippen molar-refractivity contribution in [1.29, 1.82) is 0 Å². The lowest BCUT2D eigenvalue weighted by Crippen LogP contribution is -2.62. The van der Waals surface area contributed by atoms with Crippen LogP contribution in [0, 0.1) is 28.1 Å². The number of allylic oxidation sites excluding steroid dienone is 1. The first-order chi connectivity index (χ1) is 17.3. The van der Waals surface area contributed by atoms with Gasteiger partial charge in [0.15, 0.2) is 6.29 Å². The van der Waals surface area contributed by atoms with Crippen molar-refractivity contribution in [2.75, 3.05) is 13.2 Å². The van der Waals surface area contributed by atoms with E-state index in [1.165, 1.54) is 12.5 Å². The molecular formula is C28H46O9. The smallest absolute Gasteiger partial charge is 0.303 e. The van der Waals surface area contributed by atoms with E-state index in [0.29, 0.717) is 11.8 Å². The molecule has 4 aliphatic rings. The Hall–Kier alpha value is -1.07. The topological polar surface area (TPSA) is 146 Å². The summed E-state index contributed by atoms with van der Waals surface area (Å²) >= 11 is 0. The van der Waals surface area contributed by atoms with Crippen LogP contribution in [0.1, 0.15) is 73.1 Å². The van der Waals surface area contributed by atoms with Gasteiger partial charge in [0.1, 0.15) is 30.5 Å². The minimum absolute atomic E-state index is 0.0420. The average Bonchev–Trinajstić information content (AvgIpc) is 2.83. The van der Waals surface area contributed by atoms with Crippen LogP contribution in [-0.4, -0.2) is 87.6 Å². The van der Waals surface area contributed by atoms with E-state index in [2.05, 4.69) is 33.8 Å². The third-order valence-electron chi connectivity index (χ3n) is 10.3. The monoisotopic (exact) mass is 526 g/mol. The molecule has 9 heteroatoms. The van der Waals surface area contributed by atoms with Crippen LogP contribution >= 0.6 is 0 Å². The minimum Gasteiger partial charge on any atom is -0.459 e. The van der Waals surface area contributed by atoms with Gasteiger partial charge in [-0.2, -0.15) is 0 Å². The standard InChI is InChI=1S/C28H46O9/c1-15(31)35-21(14-30)27(4)10-8-17-16(12-27)6-7-19-26(2,3)20(9-11-28(17,19)5)37-25-24(34)23(33)22(32)18(13-29)36-25/h12,17-25,29-30,32-34H,6-11,13-14H2,1-5H3/t17-,18-,19-,20-,21+,22-,23+,24-,25+,27+,28+/m1/s1. The fourth-order valence-corrected chi connectivity index (χ4v) is 8.15. The molecule has 37 heavy (non-hydrogen) atoms. The molecule has 11 atom stereocenters. The summed E-state index contributed by atoms with van der Waals surface area (Å²) in [6, 6.07) is 0. The molecule has 0 unspecified atom stereocenters. The third-order valence-corrected chi connectivity index (χ3v) is 10.3. The Labute approximate surface area is 219 Å². The van der Waals surface area contributed by atoms with Crippen molar-refractivity contribution in [3.8, 4) is 0 Å². The summed E-state index contributed by atoms with van der Waals surface area (Å²) in [6.07, 6.45) is 0.457. The molecule has 3 aliphatic carbocycles. The summed E-state index contributed by atoms with van der Waals surface area (Å²) in [5.74, 6) is 0.358. The van der Waals surface area contributed by atoms with Gasteiger partial charge in [0.05, 0.1) is 19.3 Å². The van der Waals surface area contributed by atoms with Crippen molar-refractivity contribution < 1.29 is 44.5 Å². The lowest BCUT2D eigenvalue weighted by atomic mass is 9.45. The molecule has 2 saturated carbocycles. The number of aliphatic hydroxyl groups excluding tert-OH is 5. The van der Waals surface area contributed by atoms with E-state index in [1.807, 2.05) is 0 Å². The van der Waals surface area contributed by atoms with Gasteiger partial charge >= 0.3 is 5.97 Å². The van der Waals surface area contributed by atoms with E-state index < -0.39 is 48.8 Å². The molecular weight excluding hydrogens is 480 g/mol. The highest BCUT2D eigenvalue weighted by Gasteiger charge is 2.59. The Morgan fingerprint density at radius 3 is 2.38 bits per heavy atom. The Kier molecular flexibility index (Phi) is 8.20. The number of rotatable bonds is 6. The first-order valence-corrected chi connectivity index (χ1v) is 13.7. The van der Waals surface area contributed by atoms with E-state index >= 15 is 0 Å². The Morgan fingerprint density at radius 1 is 1.05 bits per heavy atom. The van der Waals surface area contributed by atoms with Crippen molar-refractivity contribution in [3.63, 3.8) is 0 Å². The molecule has 0 radical (unpaired) electrons.